The minimum Gasteiger partial charge on any atom is -0.361 e. The fraction of sp³-hybridized carbons (Fsp3) is 0. The zero-order chi connectivity index (χ0) is 20.5. The topological polar surface area (TPSA) is 57.8 Å². The van der Waals surface area contributed by atoms with E-state index in [2.05, 4.69) is 15.3 Å². The Morgan fingerprint density at radius 3 is 2.63 bits per heavy atom. The average molecular weight is 413 g/mol. The minimum absolute atomic E-state index is 0.199. The maximum Gasteiger partial charge on any atom is 0.255 e. The second kappa shape index (κ2) is 7.57. The molecule has 0 fully saturated rings. The smallest absolute Gasteiger partial charge is 0.255 e. The Labute approximate surface area is 176 Å². The highest BCUT2D eigenvalue weighted by atomic mass is 32.1. The Balaban J connectivity index is 1.46. The number of carbonyl (C=O) groups is 1. The Morgan fingerprint density at radius 2 is 1.77 bits per heavy atom. The first kappa shape index (κ1) is 18.3. The molecule has 0 bridgehead atoms. The summed E-state index contributed by atoms with van der Waals surface area (Å²) in [6.07, 6.45) is 1.84. The van der Waals surface area contributed by atoms with Gasteiger partial charge in [-0.3, -0.25) is 4.79 Å². The number of hydrogen-bond donors (Lipinski definition) is 2. The summed E-state index contributed by atoms with van der Waals surface area (Å²) in [7, 11) is 0. The summed E-state index contributed by atoms with van der Waals surface area (Å²) in [4.78, 5) is 20.6. The zero-order valence-corrected chi connectivity index (χ0v) is 16.5. The first-order valence-electron chi connectivity index (χ1n) is 9.37. The van der Waals surface area contributed by atoms with Gasteiger partial charge in [-0.15, -0.1) is 11.3 Å². The molecule has 0 aliphatic carbocycles. The van der Waals surface area contributed by atoms with Crippen molar-refractivity contribution in [3.8, 4) is 21.8 Å². The Bertz CT molecular complexity index is 1370. The van der Waals surface area contributed by atoms with Crippen LogP contribution in [0.2, 0.25) is 0 Å². The molecule has 0 aliphatic rings. The number of para-hydroxylation sites is 1. The molecular formula is C24H16FN3OS. The number of carbonyl (C=O) groups excluding carboxylic acids is 1. The molecule has 4 nitrogen and oxygen atoms in total. The predicted octanol–water partition coefficient (Wildman–Crippen LogP) is 6.35. The third-order valence-corrected chi connectivity index (χ3v) is 5.75. The first-order chi connectivity index (χ1) is 14.7. The summed E-state index contributed by atoms with van der Waals surface area (Å²) in [5.74, 6) is -0.504. The van der Waals surface area contributed by atoms with Crippen LogP contribution in [0.25, 0.3) is 32.7 Å². The number of amides is 1. The molecule has 0 radical (unpaired) electrons. The van der Waals surface area contributed by atoms with Crippen LogP contribution in [0, 0.1) is 5.82 Å². The number of anilines is 1. The number of benzene rings is 3. The number of nitrogens with one attached hydrogen (secondary N) is 2. The van der Waals surface area contributed by atoms with Gasteiger partial charge in [0.1, 0.15) is 10.8 Å². The maximum atomic E-state index is 14.1. The van der Waals surface area contributed by atoms with Crippen molar-refractivity contribution in [1.82, 2.24) is 9.97 Å². The number of aromatic amines is 1. The van der Waals surface area contributed by atoms with Crippen molar-refractivity contribution < 1.29 is 9.18 Å². The van der Waals surface area contributed by atoms with Crippen LogP contribution in [0.5, 0.6) is 0 Å². The van der Waals surface area contributed by atoms with Gasteiger partial charge in [-0.05, 0) is 42.5 Å². The Morgan fingerprint density at radius 1 is 0.967 bits per heavy atom. The molecule has 1 amide bonds. The van der Waals surface area contributed by atoms with E-state index in [1.807, 2.05) is 54.0 Å². The summed E-state index contributed by atoms with van der Waals surface area (Å²) in [6.45, 7) is 0. The molecule has 6 heteroatoms. The SMILES string of the molecule is O=C(Nc1ccccc1-c1csc(-c2ccccc2F)n1)c1ccc2[nH]ccc2c1. The number of halogens is 1. The highest BCUT2D eigenvalue weighted by Gasteiger charge is 2.15. The van der Waals surface area contributed by atoms with Gasteiger partial charge >= 0.3 is 0 Å². The summed E-state index contributed by atoms with van der Waals surface area (Å²) in [5, 5.41) is 6.43. The molecule has 0 atom stereocenters. The van der Waals surface area contributed by atoms with E-state index in [9.17, 15) is 9.18 Å². The third-order valence-electron chi connectivity index (χ3n) is 4.88. The molecule has 0 saturated heterocycles. The van der Waals surface area contributed by atoms with Crippen LogP contribution in [0.15, 0.2) is 84.4 Å². The van der Waals surface area contributed by atoms with Gasteiger partial charge in [0.2, 0.25) is 0 Å². The molecule has 5 aromatic rings. The molecule has 0 saturated carbocycles. The standard InChI is InChI=1S/C24H16FN3OS/c25-19-7-3-1-5-17(19)24-28-22(14-30-24)18-6-2-4-8-21(18)27-23(29)16-9-10-20-15(13-16)11-12-26-20/h1-14,26H,(H,27,29). The van der Waals surface area contributed by atoms with Crippen LogP contribution in [-0.4, -0.2) is 15.9 Å². The molecular weight excluding hydrogens is 397 g/mol. The molecule has 2 N–H and O–H groups in total. The van der Waals surface area contributed by atoms with Gasteiger partial charge < -0.3 is 10.3 Å². The molecule has 0 aliphatic heterocycles. The molecule has 2 heterocycles. The van der Waals surface area contributed by atoms with Gasteiger partial charge in [-0.25, -0.2) is 9.37 Å². The Kier molecular flexibility index (Phi) is 4.61. The lowest BCUT2D eigenvalue weighted by atomic mass is 10.1. The normalized spacial score (nSPS) is 11.0. The lowest BCUT2D eigenvalue weighted by Gasteiger charge is -2.10. The van der Waals surface area contributed by atoms with Crippen LogP contribution in [0.1, 0.15) is 10.4 Å². The van der Waals surface area contributed by atoms with E-state index in [0.29, 0.717) is 27.5 Å². The van der Waals surface area contributed by atoms with Gasteiger partial charge in [0.05, 0.1) is 11.4 Å². The van der Waals surface area contributed by atoms with Gasteiger partial charge in [0, 0.05) is 39.2 Å². The summed E-state index contributed by atoms with van der Waals surface area (Å²) >= 11 is 1.37. The van der Waals surface area contributed by atoms with Gasteiger partial charge in [-0.2, -0.15) is 0 Å². The zero-order valence-electron chi connectivity index (χ0n) is 15.7. The van der Waals surface area contributed by atoms with E-state index in [0.717, 1.165) is 16.5 Å². The fourth-order valence-electron chi connectivity index (χ4n) is 3.36. The van der Waals surface area contributed by atoms with Crippen LogP contribution >= 0.6 is 11.3 Å². The largest absolute Gasteiger partial charge is 0.361 e. The molecule has 146 valence electrons. The van der Waals surface area contributed by atoms with Gasteiger partial charge in [0.25, 0.3) is 5.91 Å². The number of H-pyrrole nitrogens is 1. The van der Waals surface area contributed by atoms with Crippen LogP contribution in [0.4, 0.5) is 10.1 Å². The molecule has 0 unspecified atom stereocenters. The maximum absolute atomic E-state index is 14.1. The van der Waals surface area contributed by atoms with Crippen molar-refractivity contribution in [1.29, 1.82) is 0 Å². The number of nitrogens with zero attached hydrogens (tertiary/aromatic N) is 1. The van der Waals surface area contributed by atoms with E-state index in [4.69, 9.17) is 0 Å². The van der Waals surface area contributed by atoms with E-state index in [-0.39, 0.29) is 11.7 Å². The van der Waals surface area contributed by atoms with Crippen molar-refractivity contribution >= 4 is 33.8 Å². The highest BCUT2D eigenvalue weighted by Crippen LogP contribution is 2.33. The summed E-state index contributed by atoms with van der Waals surface area (Å²) in [6, 6.07) is 21.5. The number of rotatable bonds is 4. The number of aromatic nitrogens is 2. The van der Waals surface area contributed by atoms with Crippen molar-refractivity contribution in [2.24, 2.45) is 0 Å². The lowest BCUT2D eigenvalue weighted by molar-refractivity contribution is 0.102. The molecule has 30 heavy (non-hydrogen) atoms. The molecule has 5 rings (SSSR count). The summed E-state index contributed by atoms with van der Waals surface area (Å²) < 4.78 is 14.1. The Hall–Kier alpha value is -3.77. The second-order valence-electron chi connectivity index (χ2n) is 6.80. The molecule has 3 aromatic carbocycles. The molecule has 2 aromatic heterocycles. The summed E-state index contributed by atoms with van der Waals surface area (Å²) in [5.41, 5.74) is 4.15. The van der Waals surface area contributed by atoms with Gasteiger partial charge in [-0.1, -0.05) is 30.3 Å². The molecule has 0 spiro atoms. The predicted molar refractivity (Wildman–Crippen MR) is 119 cm³/mol. The van der Waals surface area contributed by atoms with Crippen molar-refractivity contribution in [3.63, 3.8) is 0 Å². The van der Waals surface area contributed by atoms with Crippen molar-refractivity contribution in [3.05, 3.63) is 95.8 Å². The minimum atomic E-state index is -0.305. The average Bonchev–Trinajstić information content (AvgIpc) is 3.43. The van der Waals surface area contributed by atoms with Crippen LogP contribution < -0.4 is 5.32 Å². The van der Waals surface area contributed by atoms with Crippen LogP contribution in [-0.2, 0) is 0 Å². The third kappa shape index (κ3) is 3.38. The number of thiazole rings is 1. The fourth-order valence-corrected chi connectivity index (χ4v) is 4.21. The second-order valence-corrected chi connectivity index (χ2v) is 7.66. The monoisotopic (exact) mass is 413 g/mol. The van der Waals surface area contributed by atoms with E-state index in [1.165, 1.54) is 17.4 Å². The van der Waals surface area contributed by atoms with Crippen molar-refractivity contribution in [2.75, 3.05) is 5.32 Å². The van der Waals surface area contributed by atoms with Crippen molar-refractivity contribution in [2.45, 2.75) is 0 Å². The highest BCUT2D eigenvalue weighted by molar-refractivity contribution is 7.13. The van der Waals surface area contributed by atoms with Gasteiger partial charge in [0.15, 0.2) is 0 Å². The van der Waals surface area contributed by atoms with Crippen LogP contribution in [0.3, 0.4) is 0 Å². The quantitative estimate of drug-likeness (QED) is 0.361. The number of hydrogen-bond acceptors (Lipinski definition) is 3. The first-order valence-corrected chi connectivity index (χ1v) is 10.3. The lowest BCUT2D eigenvalue weighted by Crippen LogP contribution is -2.12. The van der Waals surface area contributed by atoms with E-state index in [1.54, 1.807) is 24.3 Å². The number of fused-ring (bicyclic) bond motifs is 1. The van der Waals surface area contributed by atoms with E-state index >= 15 is 0 Å². The van der Waals surface area contributed by atoms with E-state index < -0.39 is 0 Å².